The van der Waals surface area contributed by atoms with Crippen LogP contribution in [0.1, 0.15) is 118 Å². The van der Waals surface area contributed by atoms with Crippen molar-refractivity contribution in [1.29, 1.82) is 0 Å². The predicted octanol–water partition coefficient (Wildman–Crippen LogP) is 8.97. The summed E-state index contributed by atoms with van der Waals surface area (Å²) in [6.07, 6.45) is 0.120. The van der Waals surface area contributed by atoms with Crippen molar-refractivity contribution in [3.8, 4) is 0 Å². The van der Waals surface area contributed by atoms with E-state index in [4.69, 9.17) is 10.6 Å². The molecule has 0 fully saturated rings. The molecule has 4 nitrogen and oxygen atoms in total. The van der Waals surface area contributed by atoms with E-state index < -0.39 is 18.2 Å². The predicted molar refractivity (Wildman–Crippen MR) is 129 cm³/mol. The van der Waals surface area contributed by atoms with E-state index in [2.05, 4.69) is 125 Å². The minimum Gasteiger partial charge on any atom is -0.673 e. The second-order valence-electron chi connectivity index (χ2n) is 12.4. The van der Waals surface area contributed by atoms with E-state index in [9.17, 15) is 0 Å². The molecule has 0 unspecified atom stereocenters. The molecule has 0 aromatic rings. The maximum atomic E-state index is 4.73. The molecule has 0 aromatic heterocycles. The standard InChI is InChI=1S/C12H26N2.2C4H9N.C4H9.Mo/c1-9(2)10(13-11(3,4)5)14-12(6,7)8;2*1-4(2,3)5;1-4(2)3;/h9-10H,1-8H3;2*1-3H3;1-3H3;/q-2;;;-1;. The molecule has 5 heteroatoms. The smallest absolute Gasteiger partial charge is 0.0658 e. The summed E-state index contributed by atoms with van der Waals surface area (Å²) < 4.78 is 9.01. The van der Waals surface area contributed by atoms with Gasteiger partial charge in [0.05, 0.1) is 0 Å². The minimum absolute atomic E-state index is 0.00366. The van der Waals surface area contributed by atoms with Gasteiger partial charge in [0.1, 0.15) is 0 Å². The first-order valence-electron chi connectivity index (χ1n) is 10.8. The molecule has 0 atom stereocenters. The van der Waals surface area contributed by atoms with Gasteiger partial charge in [0.15, 0.2) is 0 Å². The quantitative estimate of drug-likeness (QED) is 0.278. The van der Waals surface area contributed by atoms with Crippen LogP contribution >= 0.6 is 0 Å². The van der Waals surface area contributed by atoms with Crippen LogP contribution in [0.2, 0.25) is 0 Å². The summed E-state index contributed by atoms with van der Waals surface area (Å²) in [5.41, 5.74) is 0.224. The van der Waals surface area contributed by atoms with Crippen LogP contribution in [-0.2, 0) is 18.2 Å². The molecule has 0 amide bonds. The van der Waals surface area contributed by atoms with E-state index >= 15 is 0 Å². The van der Waals surface area contributed by atoms with Crippen molar-refractivity contribution in [1.82, 2.24) is 0 Å². The van der Waals surface area contributed by atoms with Gasteiger partial charge in [0.25, 0.3) is 0 Å². The summed E-state index contributed by atoms with van der Waals surface area (Å²) in [6.45, 7) is 36.1. The first kappa shape index (κ1) is 33.8. The van der Waals surface area contributed by atoms with E-state index in [0.717, 1.165) is 0 Å². The van der Waals surface area contributed by atoms with Crippen LogP contribution in [-0.4, -0.2) is 28.3 Å². The molecule has 29 heavy (non-hydrogen) atoms. The van der Waals surface area contributed by atoms with Gasteiger partial charge in [-0.3, -0.25) is 0 Å². The van der Waals surface area contributed by atoms with Gasteiger partial charge >= 0.3 is 77.8 Å². The maximum Gasteiger partial charge on any atom is -0.0658 e. The third kappa shape index (κ3) is 39.3. The van der Waals surface area contributed by atoms with Crippen molar-refractivity contribution in [3.63, 3.8) is 0 Å². The second kappa shape index (κ2) is 14.3. The second-order valence-corrected chi connectivity index (χ2v) is 13.7. The Morgan fingerprint density at radius 1 is 0.621 bits per heavy atom. The summed E-state index contributed by atoms with van der Waals surface area (Å²) in [4.78, 5) is 0. The Balaban J connectivity index is -0.000000401. The molecule has 0 saturated heterocycles. The van der Waals surface area contributed by atoms with Crippen LogP contribution in [0, 0.1) is 11.8 Å². The molecule has 178 valence electrons. The van der Waals surface area contributed by atoms with Crippen LogP contribution in [0.4, 0.5) is 0 Å². The normalized spacial score (nSPS) is 12.8. The fourth-order valence-electron chi connectivity index (χ4n) is 1.39. The zero-order valence-electron chi connectivity index (χ0n) is 22.9. The molecular formula is C24H53MoN4-3. The van der Waals surface area contributed by atoms with Gasteiger partial charge in [0, 0.05) is 0 Å². The molecule has 0 spiro atoms. The molecule has 0 aromatic carbocycles. The van der Waals surface area contributed by atoms with E-state index in [1.807, 2.05) is 0 Å². The van der Waals surface area contributed by atoms with Gasteiger partial charge in [-0.2, -0.15) is 20.8 Å². The van der Waals surface area contributed by atoms with Crippen molar-refractivity contribution in [3.05, 3.63) is 16.6 Å². The van der Waals surface area contributed by atoms with Crippen LogP contribution in [0.5, 0.6) is 0 Å². The molecule has 0 heterocycles. The maximum absolute atomic E-state index is 4.73. The molecule has 0 radical (unpaired) electrons. The summed E-state index contributed by atoms with van der Waals surface area (Å²) in [5.74, 6) is 1.90. The third-order valence-corrected chi connectivity index (χ3v) is 5.36. The number of nitrogens with zero attached hydrogens (tertiary/aromatic N) is 4. The molecular weight excluding hydrogens is 440 g/mol. The van der Waals surface area contributed by atoms with Gasteiger partial charge in [-0.05, 0) is 0 Å². The van der Waals surface area contributed by atoms with Crippen LogP contribution in [0.15, 0.2) is 6.99 Å². The topological polar surface area (TPSA) is 52.9 Å². The Hall–Kier alpha value is 0.208. The van der Waals surface area contributed by atoms with Crippen LogP contribution in [0.3, 0.4) is 0 Å². The fourth-order valence-corrected chi connectivity index (χ4v) is 2.69. The zero-order chi connectivity index (χ0) is 24.3. The van der Waals surface area contributed by atoms with E-state index in [0.29, 0.717) is 5.92 Å². The number of hydrogen-bond donors (Lipinski definition) is 0. The molecule has 0 aliphatic heterocycles. The van der Waals surface area contributed by atoms with Crippen molar-refractivity contribution in [2.45, 2.75) is 146 Å². The average Bonchev–Trinajstić information content (AvgIpc) is 2.30. The number of hydrogen-bond acceptors (Lipinski definition) is 2. The largest absolute Gasteiger partial charge is 0.673 e. The Morgan fingerprint density at radius 2 is 0.862 bits per heavy atom. The van der Waals surface area contributed by atoms with E-state index in [1.54, 1.807) is 0 Å². The summed E-state index contributed by atoms with van der Waals surface area (Å²) >= 11 is -0.473. The van der Waals surface area contributed by atoms with Crippen molar-refractivity contribution < 1.29 is 18.2 Å². The average molecular weight is 494 g/mol. The SMILES string of the molecule is CC(C)(C)[N]=[Mo]=[N]C(C)(C)C.CC(C)C([N-]C(C)(C)C)[N-]C(C)(C)C.C[C-](C)C. The molecule has 0 aliphatic carbocycles. The van der Waals surface area contributed by atoms with Crippen LogP contribution < -0.4 is 0 Å². The van der Waals surface area contributed by atoms with Crippen LogP contribution in [0.25, 0.3) is 10.6 Å². The summed E-state index contributed by atoms with van der Waals surface area (Å²) in [5, 5.41) is 9.45. The van der Waals surface area contributed by atoms with Crippen molar-refractivity contribution >= 4 is 0 Å². The molecule has 0 aliphatic rings. The molecule has 0 bridgehead atoms. The Bertz CT molecular complexity index is 426. The van der Waals surface area contributed by atoms with E-state index in [1.165, 1.54) is 5.92 Å². The van der Waals surface area contributed by atoms with Crippen molar-refractivity contribution in [2.24, 2.45) is 12.9 Å². The van der Waals surface area contributed by atoms with Crippen molar-refractivity contribution in [2.75, 3.05) is 0 Å². The van der Waals surface area contributed by atoms with E-state index in [-0.39, 0.29) is 28.3 Å². The van der Waals surface area contributed by atoms with Gasteiger partial charge in [-0.1, -0.05) is 61.3 Å². The summed E-state index contributed by atoms with van der Waals surface area (Å²) in [6, 6.07) is 0. The van der Waals surface area contributed by atoms with Gasteiger partial charge < -0.3 is 16.6 Å². The minimum atomic E-state index is -0.473. The van der Waals surface area contributed by atoms with Gasteiger partial charge in [-0.15, -0.1) is 11.1 Å². The first-order chi connectivity index (χ1) is 12.5. The first-order valence-corrected chi connectivity index (χ1v) is 12.6. The summed E-state index contributed by atoms with van der Waals surface area (Å²) in [7, 11) is 0. The fraction of sp³-hybridized carbons (Fsp3) is 0.958. The Kier molecular flexibility index (Phi) is 16.7. The Morgan fingerprint density at radius 3 is 1.00 bits per heavy atom. The number of rotatable bonds is 3. The monoisotopic (exact) mass is 495 g/mol. The van der Waals surface area contributed by atoms with Gasteiger partial charge in [0.2, 0.25) is 0 Å². The molecule has 0 rings (SSSR count). The third-order valence-electron chi connectivity index (χ3n) is 2.26. The molecule has 0 N–H and O–H groups in total. The van der Waals surface area contributed by atoms with Gasteiger partial charge in [-0.25, -0.2) is 6.17 Å². The zero-order valence-corrected chi connectivity index (χ0v) is 24.9. The molecule has 0 saturated carbocycles. The Labute approximate surface area is 193 Å².